The number of benzene rings is 2. The monoisotopic (exact) mass is 389 g/mol. The number of carbonyl (C=O) groups excluding carboxylic acids is 1. The average molecular weight is 389 g/mol. The van der Waals surface area contributed by atoms with Crippen molar-refractivity contribution in [2.75, 3.05) is 5.43 Å². The Morgan fingerprint density at radius 3 is 2.61 bits per heavy atom. The largest absolute Gasteiger partial charge is 0.379 e. The van der Waals surface area contributed by atoms with E-state index in [-0.39, 0.29) is 11.5 Å². The fourth-order valence-electron chi connectivity index (χ4n) is 3.56. The van der Waals surface area contributed by atoms with Gasteiger partial charge < -0.3 is 4.57 Å². The third-order valence-corrected chi connectivity index (χ3v) is 6.03. The topological polar surface area (TPSA) is 68.4 Å². The summed E-state index contributed by atoms with van der Waals surface area (Å²) in [5, 5.41) is 1.08. The molecule has 28 heavy (non-hydrogen) atoms. The van der Waals surface area contributed by atoms with Gasteiger partial charge in [0.05, 0.1) is 16.8 Å². The summed E-state index contributed by atoms with van der Waals surface area (Å²) in [5.41, 5.74) is 6.65. The van der Waals surface area contributed by atoms with Crippen LogP contribution in [-0.4, -0.2) is 15.5 Å². The lowest BCUT2D eigenvalue weighted by Crippen LogP contribution is -3.11. The molecule has 3 heterocycles. The molecule has 0 fully saturated rings. The second-order valence-electron chi connectivity index (χ2n) is 6.74. The molecule has 0 aliphatic carbocycles. The molecule has 4 aromatic rings. The van der Waals surface area contributed by atoms with E-state index in [0.29, 0.717) is 33.6 Å². The number of pyridine rings is 1. The number of rotatable bonds is 3. The van der Waals surface area contributed by atoms with Crippen LogP contribution in [0.25, 0.3) is 10.2 Å². The van der Waals surface area contributed by atoms with Crippen molar-refractivity contribution in [1.82, 2.24) is 9.55 Å². The number of hydrogen-bond acceptors (Lipinski definition) is 5. The van der Waals surface area contributed by atoms with Gasteiger partial charge in [0.1, 0.15) is 11.3 Å². The standard InChI is InChI=1S/C21H16N4O2S/c1-13-19-16(11-18(26)24(13)12-14-7-3-2-4-8-14)23-25(20(19)27)21-22-15-9-5-6-10-17(15)28-21/h2-11,23H,12H2,1H3/p+1. The Morgan fingerprint density at radius 2 is 1.82 bits per heavy atom. The van der Waals surface area contributed by atoms with E-state index in [1.165, 1.54) is 17.4 Å². The van der Waals surface area contributed by atoms with Gasteiger partial charge in [0, 0.05) is 11.8 Å². The Kier molecular flexibility index (Phi) is 3.85. The van der Waals surface area contributed by atoms with Crippen LogP contribution in [0.1, 0.15) is 21.6 Å². The Labute approximate surface area is 164 Å². The lowest BCUT2D eigenvalue weighted by molar-refractivity contribution is -0.709. The van der Waals surface area contributed by atoms with Crippen molar-refractivity contribution in [1.29, 1.82) is 0 Å². The predicted molar refractivity (Wildman–Crippen MR) is 109 cm³/mol. The molecule has 2 aromatic carbocycles. The van der Waals surface area contributed by atoms with Crippen LogP contribution in [-0.2, 0) is 6.54 Å². The van der Waals surface area contributed by atoms with Gasteiger partial charge in [-0.3, -0.25) is 4.79 Å². The van der Waals surface area contributed by atoms with E-state index in [1.54, 1.807) is 4.57 Å². The van der Waals surface area contributed by atoms with Crippen molar-refractivity contribution in [2.24, 2.45) is 0 Å². The van der Waals surface area contributed by atoms with Gasteiger partial charge in [-0.15, -0.1) is 5.01 Å². The van der Waals surface area contributed by atoms with Crippen molar-refractivity contribution in [3.8, 4) is 0 Å². The maximum Gasteiger partial charge on any atom is 0.379 e. The van der Waals surface area contributed by atoms with E-state index in [1.807, 2.05) is 61.5 Å². The molecule has 0 saturated heterocycles. The number of quaternary nitrogens is 1. The summed E-state index contributed by atoms with van der Waals surface area (Å²) in [7, 11) is 0. The number of thiazole rings is 1. The van der Waals surface area contributed by atoms with Gasteiger partial charge in [-0.1, -0.05) is 53.8 Å². The van der Waals surface area contributed by atoms with Crippen LogP contribution in [0, 0.1) is 6.92 Å². The molecule has 2 aromatic heterocycles. The number of carbonyl (C=O) groups is 1. The zero-order chi connectivity index (χ0) is 19.3. The molecule has 1 aliphatic rings. The number of para-hydroxylation sites is 1. The number of nitrogens with zero attached hydrogens (tertiary/aromatic N) is 2. The molecule has 2 N–H and O–H groups in total. The first kappa shape index (κ1) is 16.9. The highest BCUT2D eigenvalue weighted by molar-refractivity contribution is 7.21. The van der Waals surface area contributed by atoms with Gasteiger partial charge >= 0.3 is 11.0 Å². The van der Waals surface area contributed by atoms with E-state index < -0.39 is 0 Å². The Balaban J connectivity index is 1.55. The van der Waals surface area contributed by atoms with E-state index in [0.717, 1.165) is 15.8 Å². The zero-order valence-electron chi connectivity index (χ0n) is 15.1. The van der Waals surface area contributed by atoms with Crippen molar-refractivity contribution in [3.05, 3.63) is 87.8 Å². The van der Waals surface area contributed by atoms with Crippen molar-refractivity contribution in [3.63, 3.8) is 0 Å². The van der Waals surface area contributed by atoms with Gasteiger partial charge in [0.15, 0.2) is 0 Å². The molecule has 5 rings (SSSR count). The smallest absolute Gasteiger partial charge is 0.307 e. The highest BCUT2D eigenvalue weighted by atomic mass is 32.1. The summed E-state index contributed by atoms with van der Waals surface area (Å²) >= 11 is 1.47. The van der Waals surface area contributed by atoms with Gasteiger partial charge in [-0.05, 0) is 24.6 Å². The SMILES string of the molecule is Cc1c2c(cc(=O)n1Cc1ccccc1)N[NH+](c1nc3ccccc3s1)C2=O. The normalized spacial score (nSPS) is 15.6. The maximum absolute atomic E-state index is 13.2. The molecular formula is C21H17N4O2S+. The van der Waals surface area contributed by atoms with Crippen molar-refractivity contribution in [2.45, 2.75) is 13.5 Å². The number of anilines is 1. The van der Waals surface area contributed by atoms with Crippen LogP contribution in [0.3, 0.4) is 0 Å². The van der Waals surface area contributed by atoms with E-state index >= 15 is 0 Å². The average Bonchev–Trinajstić information content (AvgIpc) is 3.27. The van der Waals surface area contributed by atoms with Crippen LogP contribution >= 0.6 is 11.3 Å². The molecule has 6 nitrogen and oxygen atoms in total. The number of nitrogens with one attached hydrogen (secondary N) is 2. The molecule has 0 spiro atoms. The van der Waals surface area contributed by atoms with Crippen LogP contribution in [0.5, 0.6) is 0 Å². The summed E-state index contributed by atoms with van der Waals surface area (Å²) in [6.45, 7) is 2.26. The van der Waals surface area contributed by atoms with E-state index in [9.17, 15) is 9.59 Å². The molecular weight excluding hydrogens is 372 g/mol. The fourth-order valence-corrected chi connectivity index (χ4v) is 4.53. The van der Waals surface area contributed by atoms with Gasteiger partial charge in [0.2, 0.25) is 0 Å². The first-order valence-corrected chi connectivity index (χ1v) is 9.76. The molecule has 0 bridgehead atoms. The molecule has 1 unspecified atom stereocenters. The first-order valence-electron chi connectivity index (χ1n) is 8.95. The quantitative estimate of drug-likeness (QED) is 0.565. The second kappa shape index (κ2) is 6.40. The molecule has 1 atom stereocenters. The fraction of sp³-hybridized carbons (Fsp3) is 0.0952. The van der Waals surface area contributed by atoms with Gasteiger partial charge in [-0.2, -0.15) is 4.98 Å². The highest BCUT2D eigenvalue weighted by Gasteiger charge is 2.39. The van der Waals surface area contributed by atoms with Crippen LogP contribution in [0.4, 0.5) is 10.8 Å². The molecule has 1 amide bonds. The zero-order valence-corrected chi connectivity index (χ0v) is 15.9. The summed E-state index contributed by atoms with van der Waals surface area (Å²) in [4.78, 5) is 30.4. The number of hydrogen-bond donors (Lipinski definition) is 2. The minimum atomic E-state index is -0.133. The number of amides is 1. The lowest BCUT2D eigenvalue weighted by Gasteiger charge is -2.11. The summed E-state index contributed by atoms with van der Waals surface area (Å²) in [6, 6.07) is 19.1. The second-order valence-corrected chi connectivity index (χ2v) is 7.77. The molecule has 7 heteroatoms. The molecule has 0 radical (unpaired) electrons. The maximum atomic E-state index is 13.2. The molecule has 138 valence electrons. The third kappa shape index (κ3) is 2.64. The van der Waals surface area contributed by atoms with Crippen LogP contribution < -0.4 is 16.0 Å². The van der Waals surface area contributed by atoms with E-state index in [2.05, 4.69) is 10.4 Å². The van der Waals surface area contributed by atoms with Gasteiger partial charge in [-0.25, -0.2) is 10.2 Å². The highest BCUT2D eigenvalue weighted by Crippen LogP contribution is 2.26. The van der Waals surface area contributed by atoms with Gasteiger partial charge in [0.25, 0.3) is 5.56 Å². The third-order valence-electron chi connectivity index (χ3n) is 4.97. The summed E-state index contributed by atoms with van der Waals surface area (Å²) < 4.78 is 2.67. The van der Waals surface area contributed by atoms with Crippen LogP contribution in [0.15, 0.2) is 65.5 Å². The Hall–Kier alpha value is -3.29. The summed E-state index contributed by atoms with van der Waals surface area (Å²) in [5.74, 6) is -0.117. The predicted octanol–water partition coefficient (Wildman–Crippen LogP) is 2.51. The lowest BCUT2D eigenvalue weighted by atomic mass is 10.1. The molecule has 0 saturated carbocycles. The first-order chi connectivity index (χ1) is 13.6. The number of fused-ring (bicyclic) bond motifs is 2. The van der Waals surface area contributed by atoms with Crippen molar-refractivity contribution >= 4 is 38.3 Å². The summed E-state index contributed by atoms with van der Waals surface area (Å²) in [6.07, 6.45) is 0. The Bertz CT molecular complexity index is 1240. The Morgan fingerprint density at radius 1 is 1.07 bits per heavy atom. The van der Waals surface area contributed by atoms with Crippen LogP contribution in [0.2, 0.25) is 0 Å². The number of aromatic nitrogens is 2. The minimum absolute atomic E-state index is 0.117. The van der Waals surface area contributed by atoms with Crippen molar-refractivity contribution < 1.29 is 9.80 Å². The molecule has 1 aliphatic heterocycles. The minimum Gasteiger partial charge on any atom is -0.307 e. The van der Waals surface area contributed by atoms with E-state index in [4.69, 9.17) is 0 Å².